The highest BCUT2D eigenvalue weighted by Gasteiger charge is 2.41. The highest BCUT2D eigenvalue weighted by molar-refractivity contribution is 9.26. The minimum atomic E-state index is -0.805. The zero-order valence-corrected chi connectivity index (χ0v) is 44.1. The molecule has 0 bridgehead atoms. The summed E-state index contributed by atoms with van der Waals surface area (Å²) >= 11 is 14.6. The first-order chi connectivity index (χ1) is 27.6. The molecule has 0 aromatic heterocycles. The summed E-state index contributed by atoms with van der Waals surface area (Å²) in [6.07, 6.45) is 51.3. The van der Waals surface area contributed by atoms with Gasteiger partial charge in [0.1, 0.15) is 0 Å². The van der Waals surface area contributed by atoms with Crippen molar-refractivity contribution < 1.29 is 19.1 Å². The van der Waals surface area contributed by atoms with Crippen LogP contribution >= 0.6 is 63.7 Å². The van der Waals surface area contributed by atoms with Crippen LogP contribution in [0.25, 0.3) is 0 Å². The Labute approximate surface area is 388 Å². The Balaban J connectivity index is 3.92. The van der Waals surface area contributed by atoms with Crippen molar-refractivity contribution >= 4 is 75.7 Å². The fourth-order valence-corrected chi connectivity index (χ4v) is 10.1. The van der Waals surface area contributed by atoms with Crippen LogP contribution < -0.4 is 0 Å². The number of hydrogen-bond acceptors (Lipinski definition) is 4. The maximum Gasteiger partial charge on any atom is 0.333 e. The Morgan fingerprint density at radius 2 is 0.684 bits per heavy atom. The number of carbonyl (C=O) groups is 2. The molecule has 57 heavy (non-hydrogen) atoms. The summed E-state index contributed by atoms with van der Waals surface area (Å²) in [6.45, 7) is 5.05. The number of rotatable bonds is 45. The van der Waals surface area contributed by atoms with Crippen molar-refractivity contribution in [1.82, 2.24) is 0 Å². The first kappa shape index (κ1) is 57.9. The number of carbonyl (C=O) groups excluding carboxylic acids is 2. The zero-order valence-electron chi connectivity index (χ0n) is 37.7. The van der Waals surface area contributed by atoms with Gasteiger partial charge in [0.25, 0.3) is 0 Å². The third-order valence-electron chi connectivity index (χ3n) is 11.9. The molecule has 0 saturated carbocycles. The predicted molar refractivity (Wildman–Crippen MR) is 264 cm³/mol. The Hall–Kier alpha value is 0.860. The average Bonchev–Trinajstić information content (AvgIpc) is 3.19. The van der Waals surface area contributed by atoms with Crippen molar-refractivity contribution in [2.45, 2.75) is 277 Å². The molecule has 1 unspecified atom stereocenters. The van der Waals surface area contributed by atoms with Crippen LogP contribution in [0.2, 0.25) is 0 Å². The molecule has 0 spiro atoms. The summed E-state index contributed by atoms with van der Waals surface area (Å²) in [5.41, 5.74) is 0. The van der Waals surface area contributed by atoms with Crippen molar-refractivity contribution in [2.24, 2.45) is 5.92 Å². The Kier molecular flexibility index (Phi) is 42.8. The van der Waals surface area contributed by atoms with E-state index in [-0.39, 0.29) is 17.9 Å². The van der Waals surface area contributed by atoms with Crippen LogP contribution in [0, 0.1) is 5.92 Å². The predicted octanol–water partition coefficient (Wildman–Crippen LogP) is 18.9. The van der Waals surface area contributed by atoms with Crippen molar-refractivity contribution in [3.05, 3.63) is 0 Å². The molecule has 8 heteroatoms. The number of esters is 2. The van der Waals surface area contributed by atoms with E-state index >= 15 is 0 Å². The van der Waals surface area contributed by atoms with Crippen LogP contribution in [0.5, 0.6) is 0 Å². The summed E-state index contributed by atoms with van der Waals surface area (Å²) < 4.78 is 9.20. The normalized spacial score (nSPS) is 12.6. The van der Waals surface area contributed by atoms with Crippen LogP contribution in [-0.2, 0) is 19.1 Å². The minimum absolute atomic E-state index is 0.192. The fourth-order valence-electron chi connectivity index (χ4n) is 8.04. The number of ether oxygens (including phenoxy) is 2. The lowest BCUT2D eigenvalue weighted by atomic mass is 9.91. The smallest absolute Gasteiger partial charge is 0.333 e. The monoisotopic (exact) mass is 1060 g/mol. The molecular weight excluding hydrogens is 972 g/mol. The molecule has 0 aromatic rings. The number of alkyl halides is 4. The second-order valence-electron chi connectivity index (χ2n) is 17.4. The van der Waals surface area contributed by atoms with E-state index in [2.05, 4.69) is 77.6 Å². The Bertz CT molecular complexity index is 883. The topological polar surface area (TPSA) is 52.6 Å². The van der Waals surface area contributed by atoms with Crippen molar-refractivity contribution in [2.75, 3.05) is 13.7 Å². The van der Waals surface area contributed by atoms with E-state index in [1.54, 1.807) is 0 Å². The number of hydrogen-bond donors (Lipinski definition) is 0. The molecule has 0 amide bonds. The summed E-state index contributed by atoms with van der Waals surface area (Å²) in [6, 6.07) is 0. The number of methoxy groups -OCH3 is 1. The van der Waals surface area contributed by atoms with Gasteiger partial charge in [-0.25, -0.2) is 9.59 Å². The van der Waals surface area contributed by atoms with Crippen molar-refractivity contribution in [1.29, 1.82) is 0 Å². The lowest BCUT2D eigenvalue weighted by Gasteiger charge is -2.28. The molecule has 1 atom stereocenters. The summed E-state index contributed by atoms with van der Waals surface area (Å²) in [7, 11) is 1.47. The zero-order chi connectivity index (χ0) is 42.1. The van der Waals surface area contributed by atoms with Gasteiger partial charge in [-0.15, -0.1) is 0 Å². The fraction of sp³-hybridized carbons (Fsp3) is 0.959. The Morgan fingerprint density at radius 3 is 1.00 bits per heavy atom. The molecule has 0 heterocycles. The highest BCUT2D eigenvalue weighted by Crippen LogP contribution is 2.42. The van der Waals surface area contributed by atoms with E-state index in [1.807, 2.05) is 0 Å². The molecule has 4 nitrogen and oxygen atoms in total. The SMILES string of the molecule is CCCCCCCCCCCCCCCCCCC(Br)(Br)C(=O)OCCCCCCCCC(CCCCCCCCCCCCCCCCC)C(Br)(Br)C(=O)OC. The lowest BCUT2D eigenvalue weighted by molar-refractivity contribution is -0.144. The standard InChI is InChI=1S/C49H92Br4O4/c1-4-6-8-10-12-14-16-18-20-22-24-26-28-31-35-39-43-48(50,51)46(54)57-44-40-36-32-30-34-38-42-45(49(52,53)47(55)56-3)41-37-33-29-27-25-23-21-19-17-15-13-11-9-7-5-2/h45H,4-44H2,1-3H3. The van der Waals surface area contributed by atoms with Gasteiger partial charge in [-0.1, -0.05) is 309 Å². The molecule has 340 valence electrons. The number of unbranched alkanes of at least 4 members (excludes halogenated alkanes) is 34. The first-order valence-electron chi connectivity index (χ1n) is 24.6. The van der Waals surface area contributed by atoms with Gasteiger partial charge in [-0.3, -0.25) is 0 Å². The maximum atomic E-state index is 12.7. The van der Waals surface area contributed by atoms with Gasteiger partial charge < -0.3 is 9.47 Å². The molecule has 0 rings (SSSR count). The second kappa shape index (κ2) is 42.2. The van der Waals surface area contributed by atoms with E-state index in [0.29, 0.717) is 6.61 Å². The molecule has 0 aliphatic carbocycles. The largest absolute Gasteiger partial charge is 0.467 e. The molecule has 0 radical (unpaired) electrons. The quantitative estimate of drug-likeness (QED) is 0.0346. The summed E-state index contributed by atoms with van der Waals surface area (Å²) in [5.74, 6) is -0.217. The second-order valence-corrected chi connectivity index (χ2v) is 24.7. The van der Waals surface area contributed by atoms with Crippen LogP contribution in [0.1, 0.15) is 271 Å². The van der Waals surface area contributed by atoms with Gasteiger partial charge >= 0.3 is 11.9 Å². The van der Waals surface area contributed by atoms with Crippen LogP contribution in [0.3, 0.4) is 0 Å². The third kappa shape index (κ3) is 36.1. The van der Waals surface area contributed by atoms with E-state index in [0.717, 1.165) is 70.6 Å². The number of halogens is 4. The van der Waals surface area contributed by atoms with E-state index in [1.165, 1.54) is 193 Å². The van der Waals surface area contributed by atoms with Gasteiger partial charge in [0, 0.05) is 0 Å². The van der Waals surface area contributed by atoms with Gasteiger partial charge in [0.05, 0.1) is 13.7 Å². The van der Waals surface area contributed by atoms with Gasteiger partial charge in [0.2, 0.25) is 0 Å². The van der Waals surface area contributed by atoms with E-state index < -0.39 is 6.47 Å². The molecule has 0 aliphatic rings. The van der Waals surface area contributed by atoms with Crippen molar-refractivity contribution in [3.63, 3.8) is 0 Å². The molecule has 0 saturated heterocycles. The van der Waals surface area contributed by atoms with E-state index in [4.69, 9.17) is 9.47 Å². The molecule has 0 fully saturated rings. The Morgan fingerprint density at radius 1 is 0.404 bits per heavy atom. The van der Waals surface area contributed by atoms with Gasteiger partial charge in [-0.2, -0.15) is 0 Å². The van der Waals surface area contributed by atoms with Gasteiger partial charge in [-0.05, 0) is 31.6 Å². The first-order valence-corrected chi connectivity index (χ1v) is 27.8. The van der Waals surface area contributed by atoms with Crippen LogP contribution in [-0.4, -0.2) is 32.1 Å². The molecular formula is C49H92Br4O4. The molecule has 0 N–H and O–H groups in total. The minimum Gasteiger partial charge on any atom is -0.467 e. The molecule has 0 aromatic carbocycles. The highest BCUT2D eigenvalue weighted by atomic mass is 79.9. The summed E-state index contributed by atoms with van der Waals surface area (Å²) in [5, 5.41) is 0. The lowest BCUT2D eigenvalue weighted by Crippen LogP contribution is -2.35. The van der Waals surface area contributed by atoms with Crippen molar-refractivity contribution in [3.8, 4) is 0 Å². The van der Waals surface area contributed by atoms with Crippen LogP contribution in [0.4, 0.5) is 0 Å². The van der Waals surface area contributed by atoms with E-state index in [9.17, 15) is 9.59 Å². The summed E-state index contributed by atoms with van der Waals surface area (Å²) in [4.78, 5) is 25.3. The van der Waals surface area contributed by atoms with Gasteiger partial charge in [0.15, 0.2) is 6.47 Å². The molecule has 0 aliphatic heterocycles. The average molecular weight is 1060 g/mol. The maximum absolute atomic E-state index is 12.7. The van der Waals surface area contributed by atoms with Crippen LogP contribution in [0.15, 0.2) is 0 Å². The third-order valence-corrected chi connectivity index (χ3v) is 15.3.